The normalized spacial score (nSPS) is 14.8. The lowest BCUT2D eigenvalue weighted by atomic mass is 9.89. The molecule has 3 rings (SSSR count). The van der Waals surface area contributed by atoms with Gasteiger partial charge >= 0.3 is 0 Å². The van der Waals surface area contributed by atoms with Crippen LogP contribution in [-0.2, 0) is 24.2 Å². The Hall–Kier alpha value is -2.36. The first-order chi connectivity index (χ1) is 11.1. The Morgan fingerprint density at radius 2 is 1.96 bits per heavy atom. The summed E-state index contributed by atoms with van der Waals surface area (Å²) in [4.78, 5) is 23.8. The van der Waals surface area contributed by atoms with E-state index in [0.717, 1.165) is 18.4 Å². The Morgan fingerprint density at radius 1 is 1.17 bits per heavy atom. The second-order valence-corrected chi connectivity index (χ2v) is 6.19. The van der Waals surface area contributed by atoms with Crippen molar-refractivity contribution in [2.75, 3.05) is 0 Å². The third-order valence-electron chi connectivity index (χ3n) is 4.46. The molecule has 1 aliphatic rings. The van der Waals surface area contributed by atoms with Crippen LogP contribution in [0.1, 0.15) is 42.5 Å². The highest BCUT2D eigenvalue weighted by Gasteiger charge is 2.14. The molecule has 4 heteroatoms. The maximum Gasteiger partial charge on any atom is 0.250 e. The molecule has 2 aromatic rings. The fourth-order valence-corrected chi connectivity index (χ4v) is 3.14. The van der Waals surface area contributed by atoms with Crippen LogP contribution >= 0.6 is 0 Å². The largest absolute Gasteiger partial charge is 0.348 e. The van der Waals surface area contributed by atoms with Gasteiger partial charge in [0, 0.05) is 12.3 Å². The first-order valence-electron chi connectivity index (χ1n) is 8.20. The molecule has 0 radical (unpaired) electrons. The van der Waals surface area contributed by atoms with Crippen LogP contribution in [0.3, 0.4) is 0 Å². The average molecular weight is 310 g/mol. The summed E-state index contributed by atoms with van der Waals surface area (Å²) in [5.41, 5.74) is 3.81. The number of aryl methyl sites for hydroxylation is 2. The quantitative estimate of drug-likeness (QED) is 0.944. The van der Waals surface area contributed by atoms with Crippen LogP contribution in [0.15, 0.2) is 47.4 Å². The van der Waals surface area contributed by atoms with Crippen LogP contribution < -0.4 is 10.9 Å². The van der Waals surface area contributed by atoms with Crippen LogP contribution in [0.25, 0.3) is 0 Å². The van der Waals surface area contributed by atoms with E-state index >= 15 is 0 Å². The van der Waals surface area contributed by atoms with Gasteiger partial charge in [-0.3, -0.25) is 9.59 Å². The van der Waals surface area contributed by atoms with Gasteiger partial charge in [0.05, 0.1) is 6.04 Å². The molecular weight excluding hydrogens is 288 g/mol. The van der Waals surface area contributed by atoms with Crippen molar-refractivity contribution in [2.24, 2.45) is 0 Å². The Labute approximate surface area is 136 Å². The van der Waals surface area contributed by atoms with Crippen molar-refractivity contribution in [1.29, 1.82) is 0 Å². The van der Waals surface area contributed by atoms with E-state index in [1.807, 2.05) is 6.92 Å². The number of carbonyl (C=O) groups excluding carboxylic acids is 1. The molecule has 1 aromatic carbocycles. The fourth-order valence-electron chi connectivity index (χ4n) is 3.14. The standard InChI is InChI=1S/C19H22N2O2/c1-14(16-10-9-15-6-2-3-7-17(15)12-16)20-18(22)13-21-11-5-4-8-19(21)23/h4-5,8-12,14H,2-3,6-7,13H2,1H3,(H,20,22). The van der Waals surface area contributed by atoms with Gasteiger partial charge < -0.3 is 9.88 Å². The molecule has 1 heterocycles. The van der Waals surface area contributed by atoms with E-state index < -0.39 is 0 Å². The number of pyridine rings is 1. The highest BCUT2D eigenvalue weighted by Crippen LogP contribution is 2.24. The van der Waals surface area contributed by atoms with Crippen molar-refractivity contribution in [3.63, 3.8) is 0 Å². The summed E-state index contributed by atoms with van der Waals surface area (Å²) in [5.74, 6) is -0.150. The van der Waals surface area contributed by atoms with Crippen LogP contribution in [-0.4, -0.2) is 10.5 Å². The molecule has 1 amide bonds. The zero-order valence-electron chi connectivity index (χ0n) is 13.4. The average Bonchev–Trinajstić information content (AvgIpc) is 2.56. The topological polar surface area (TPSA) is 51.1 Å². The number of hydrogen-bond donors (Lipinski definition) is 1. The second-order valence-electron chi connectivity index (χ2n) is 6.19. The van der Waals surface area contributed by atoms with Gasteiger partial charge in [-0.2, -0.15) is 0 Å². The predicted molar refractivity (Wildman–Crippen MR) is 90.3 cm³/mol. The molecule has 23 heavy (non-hydrogen) atoms. The Morgan fingerprint density at radius 3 is 2.74 bits per heavy atom. The molecule has 0 saturated heterocycles. The Bertz CT molecular complexity index is 764. The minimum Gasteiger partial charge on any atom is -0.348 e. The van der Waals surface area contributed by atoms with E-state index in [4.69, 9.17) is 0 Å². The SMILES string of the molecule is CC(NC(=O)Cn1ccccc1=O)c1ccc2c(c1)CCCC2. The molecular formula is C19H22N2O2. The van der Waals surface area contributed by atoms with Gasteiger partial charge in [-0.25, -0.2) is 0 Å². The minimum atomic E-state index is -0.163. The summed E-state index contributed by atoms with van der Waals surface area (Å²) in [6.07, 6.45) is 6.43. The minimum absolute atomic E-state index is 0.0505. The molecule has 1 aliphatic carbocycles. The zero-order chi connectivity index (χ0) is 16.2. The van der Waals surface area contributed by atoms with Crippen LogP contribution in [0.5, 0.6) is 0 Å². The van der Waals surface area contributed by atoms with E-state index in [2.05, 4.69) is 23.5 Å². The lowest BCUT2D eigenvalue weighted by Gasteiger charge is -2.20. The summed E-state index contributed by atoms with van der Waals surface area (Å²) in [6, 6.07) is 11.3. The molecule has 0 fully saturated rings. The molecule has 4 nitrogen and oxygen atoms in total. The van der Waals surface area contributed by atoms with Crippen LogP contribution in [0.4, 0.5) is 0 Å². The number of rotatable bonds is 4. The zero-order valence-corrected chi connectivity index (χ0v) is 13.4. The van der Waals surface area contributed by atoms with Gasteiger partial charge in [0.15, 0.2) is 0 Å². The Balaban J connectivity index is 1.67. The molecule has 1 unspecified atom stereocenters. The number of carbonyl (C=O) groups is 1. The van der Waals surface area contributed by atoms with E-state index in [9.17, 15) is 9.59 Å². The van der Waals surface area contributed by atoms with Crippen molar-refractivity contribution in [1.82, 2.24) is 9.88 Å². The third-order valence-corrected chi connectivity index (χ3v) is 4.46. The maximum atomic E-state index is 12.2. The summed E-state index contributed by atoms with van der Waals surface area (Å²) in [6.45, 7) is 2.03. The van der Waals surface area contributed by atoms with E-state index in [-0.39, 0.29) is 24.1 Å². The van der Waals surface area contributed by atoms with Crippen LogP contribution in [0.2, 0.25) is 0 Å². The molecule has 1 atom stereocenters. The Kier molecular flexibility index (Phi) is 4.60. The number of aromatic nitrogens is 1. The fraction of sp³-hybridized carbons (Fsp3) is 0.368. The molecule has 0 saturated carbocycles. The first-order valence-corrected chi connectivity index (χ1v) is 8.20. The van der Waals surface area contributed by atoms with Gasteiger partial charge in [-0.15, -0.1) is 0 Å². The molecule has 0 aliphatic heterocycles. The first kappa shape index (κ1) is 15.5. The van der Waals surface area contributed by atoms with E-state index in [0.29, 0.717) is 0 Å². The predicted octanol–water partition coefficient (Wildman–Crippen LogP) is 2.60. The number of benzene rings is 1. The van der Waals surface area contributed by atoms with Gasteiger partial charge in [0.2, 0.25) is 5.91 Å². The third kappa shape index (κ3) is 3.70. The smallest absolute Gasteiger partial charge is 0.250 e. The van der Waals surface area contributed by atoms with Crippen molar-refractivity contribution < 1.29 is 4.79 Å². The molecule has 1 N–H and O–H groups in total. The molecule has 0 spiro atoms. The van der Waals surface area contributed by atoms with Crippen LogP contribution in [0, 0.1) is 0 Å². The highest BCUT2D eigenvalue weighted by atomic mass is 16.2. The second kappa shape index (κ2) is 6.82. The lowest BCUT2D eigenvalue weighted by molar-refractivity contribution is -0.122. The number of hydrogen-bond acceptors (Lipinski definition) is 2. The monoisotopic (exact) mass is 310 g/mol. The number of nitrogens with zero attached hydrogens (tertiary/aromatic N) is 1. The summed E-state index contributed by atoms with van der Waals surface area (Å²) < 4.78 is 1.41. The summed E-state index contributed by atoms with van der Waals surface area (Å²) in [7, 11) is 0. The molecule has 1 aromatic heterocycles. The number of fused-ring (bicyclic) bond motifs is 1. The summed E-state index contributed by atoms with van der Waals surface area (Å²) >= 11 is 0. The van der Waals surface area contributed by atoms with Crippen molar-refractivity contribution in [3.8, 4) is 0 Å². The van der Waals surface area contributed by atoms with Gasteiger partial charge in [0.25, 0.3) is 5.56 Å². The van der Waals surface area contributed by atoms with Gasteiger partial charge in [0.1, 0.15) is 6.54 Å². The van der Waals surface area contributed by atoms with Crippen molar-refractivity contribution in [3.05, 3.63) is 69.6 Å². The van der Waals surface area contributed by atoms with E-state index in [1.165, 1.54) is 34.6 Å². The van der Waals surface area contributed by atoms with Crippen molar-refractivity contribution in [2.45, 2.75) is 45.2 Å². The maximum absolute atomic E-state index is 12.2. The lowest BCUT2D eigenvalue weighted by Crippen LogP contribution is -2.33. The summed E-state index contributed by atoms with van der Waals surface area (Å²) in [5, 5.41) is 2.98. The van der Waals surface area contributed by atoms with Gasteiger partial charge in [-0.05, 0) is 55.4 Å². The number of amides is 1. The van der Waals surface area contributed by atoms with E-state index in [1.54, 1.807) is 18.3 Å². The molecule has 120 valence electrons. The van der Waals surface area contributed by atoms with Crippen molar-refractivity contribution >= 4 is 5.91 Å². The number of nitrogens with one attached hydrogen (secondary N) is 1. The van der Waals surface area contributed by atoms with Gasteiger partial charge in [-0.1, -0.05) is 24.3 Å². The molecule has 0 bridgehead atoms. The highest BCUT2D eigenvalue weighted by molar-refractivity contribution is 5.76.